The van der Waals surface area contributed by atoms with Gasteiger partial charge in [0.2, 0.25) is 0 Å². The summed E-state index contributed by atoms with van der Waals surface area (Å²) in [6.45, 7) is 6.86. The molecular formula is C11H14O2. The van der Waals surface area contributed by atoms with Crippen molar-refractivity contribution in [2.75, 3.05) is 0 Å². The molecule has 0 aromatic rings. The second-order valence-corrected chi connectivity index (χ2v) is 2.59. The average Bonchev–Trinajstić information content (AvgIpc) is 2.10. The minimum absolute atomic E-state index is 0.364. The minimum Gasteiger partial charge on any atom is -0.478 e. The smallest absolute Gasteiger partial charge is 0.331 e. The summed E-state index contributed by atoms with van der Waals surface area (Å²) >= 11 is 0. The van der Waals surface area contributed by atoms with Gasteiger partial charge in [0.25, 0.3) is 0 Å². The molecule has 0 aliphatic rings. The fraction of sp³-hybridized carbons (Fsp3) is 0.182. The van der Waals surface area contributed by atoms with Gasteiger partial charge in [-0.25, -0.2) is 4.79 Å². The standard InChI is InChI=1S/C11H14O2/c1-4-5-6-7-8-9(2)10(3)11(12)13/h4-8H,1H2,2-3H3,(H,12,13)/b6-5+,8-7+,10-9+. The van der Waals surface area contributed by atoms with E-state index in [0.717, 1.165) is 5.57 Å². The zero-order valence-corrected chi connectivity index (χ0v) is 7.95. The summed E-state index contributed by atoms with van der Waals surface area (Å²) < 4.78 is 0. The van der Waals surface area contributed by atoms with Crippen molar-refractivity contribution in [1.29, 1.82) is 0 Å². The maximum Gasteiger partial charge on any atom is 0.331 e. The van der Waals surface area contributed by atoms with E-state index < -0.39 is 5.97 Å². The van der Waals surface area contributed by atoms with Crippen LogP contribution in [0.1, 0.15) is 13.8 Å². The molecule has 2 heteroatoms. The molecule has 2 nitrogen and oxygen atoms in total. The van der Waals surface area contributed by atoms with Crippen LogP contribution in [0.4, 0.5) is 0 Å². The first-order valence-corrected chi connectivity index (χ1v) is 3.96. The van der Waals surface area contributed by atoms with Gasteiger partial charge < -0.3 is 5.11 Å². The molecule has 0 heterocycles. The van der Waals surface area contributed by atoms with E-state index in [2.05, 4.69) is 6.58 Å². The van der Waals surface area contributed by atoms with E-state index >= 15 is 0 Å². The molecule has 0 bridgehead atoms. The molecule has 1 N–H and O–H groups in total. The molecular weight excluding hydrogens is 164 g/mol. The number of carboxylic acid groups (broad SMARTS) is 1. The van der Waals surface area contributed by atoms with E-state index in [1.165, 1.54) is 0 Å². The van der Waals surface area contributed by atoms with Crippen molar-refractivity contribution in [3.63, 3.8) is 0 Å². The minimum atomic E-state index is -0.880. The van der Waals surface area contributed by atoms with Crippen LogP contribution < -0.4 is 0 Å². The maximum absolute atomic E-state index is 10.5. The first-order valence-electron chi connectivity index (χ1n) is 3.96. The lowest BCUT2D eigenvalue weighted by Gasteiger charge is -1.95. The van der Waals surface area contributed by atoms with Gasteiger partial charge in [0.05, 0.1) is 0 Å². The molecule has 0 rings (SSSR count). The highest BCUT2D eigenvalue weighted by atomic mass is 16.4. The van der Waals surface area contributed by atoms with Gasteiger partial charge in [0.1, 0.15) is 0 Å². The highest BCUT2D eigenvalue weighted by molar-refractivity contribution is 5.87. The average molecular weight is 178 g/mol. The molecule has 0 aliphatic heterocycles. The van der Waals surface area contributed by atoms with Gasteiger partial charge in [0.15, 0.2) is 0 Å². The monoisotopic (exact) mass is 178 g/mol. The van der Waals surface area contributed by atoms with Gasteiger partial charge in [-0.05, 0) is 19.4 Å². The molecule has 0 atom stereocenters. The Bertz CT molecular complexity index is 280. The quantitative estimate of drug-likeness (QED) is 0.531. The fourth-order valence-electron chi connectivity index (χ4n) is 0.636. The van der Waals surface area contributed by atoms with Crippen LogP contribution in [0.3, 0.4) is 0 Å². The lowest BCUT2D eigenvalue weighted by atomic mass is 10.1. The molecule has 0 unspecified atom stereocenters. The molecule has 0 saturated carbocycles. The number of rotatable bonds is 4. The van der Waals surface area contributed by atoms with Crippen molar-refractivity contribution in [2.24, 2.45) is 0 Å². The maximum atomic E-state index is 10.5. The van der Waals surface area contributed by atoms with Gasteiger partial charge in [-0.15, -0.1) is 0 Å². The summed E-state index contributed by atoms with van der Waals surface area (Å²) in [6, 6.07) is 0. The van der Waals surface area contributed by atoms with Gasteiger partial charge in [-0.2, -0.15) is 0 Å². The Morgan fingerprint density at radius 2 is 1.85 bits per heavy atom. The number of aliphatic carboxylic acids is 1. The first kappa shape index (κ1) is 11.4. The topological polar surface area (TPSA) is 37.3 Å². The molecule has 0 fully saturated rings. The zero-order valence-electron chi connectivity index (χ0n) is 7.95. The Morgan fingerprint density at radius 3 is 2.31 bits per heavy atom. The van der Waals surface area contributed by atoms with E-state index in [0.29, 0.717) is 5.57 Å². The molecule has 0 aromatic carbocycles. The molecule has 13 heavy (non-hydrogen) atoms. The third kappa shape index (κ3) is 4.80. The molecule has 0 amide bonds. The lowest BCUT2D eigenvalue weighted by molar-refractivity contribution is -0.132. The van der Waals surface area contributed by atoms with Crippen LogP contribution in [0.15, 0.2) is 48.1 Å². The van der Waals surface area contributed by atoms with Crippen LogP contribution in [0.5, 0.6) is 0 Å². The Morgan fingerprint density at radius 1 is 1.23 bits per heavy atom. The summed E-state index contributed by atoms with van der Waals surface area (Å²) in [4.78, 5) is 10.5. The van der Waals surface area contributed by atoms with Gasteiger partial charge in [-0.1, -0.05) is 37.0 Å². The number of hydrogen-bond donors (Lipinski definition) is 1. The van der Waals surface area contributed by atoms with Gasteiger partial charge >= 0.3 is 5.97 Å². The Hall–Kier alpha value is -1.57. The first-order chi connectivity index (χ1) is 6.09. The fourth-order valence-corrected chi connectivity index (χ4v) is 0.636. The third-order valence-corrected chi connectivity index (χ3v) is 1.62. The van der Waals surface area contributed by atoms with Crippen molar-refractivity contribution >= 4 is 5.97 Å². The van der Waals surface area contributed by atoms with Crippen LogP contribution in [0, 0.1) is 0 Å². The summed E-state index contributed by atoms with van der Waals surface area (Å²) in [5.41, 5.74) is 1.12. The van der Waals surface area contributed by atoms with Crippen LogP contribution in [0.25, 0.3) is 0 Å². The molecule has 0 radical (unpaired) electrons. The second kappa shape index (κ2) is 6.00. The molecule has 0 saturated heterocycles. The Labute approximate surface area is 78.6 Å². The van der Waals surface area contributed by atoms with Gasteiger partial charge in [0, 0.05) is 5.57 Å². The van der Waals surface area contributed by atoms with E-state index in [1.54, 1.807) is 44.2 Å². The normalized spacial score (nSPS) is 13.4. The molecule has 0 aromatic heterocycles. The molecule has 0 spiro atoms. The predicted molar refractivity (Wildman–Crippen MR) is 54.5 cm³/mol. The molecule has 0 aliphatic carbocycles. The highest BCUT2D eigenvalue weighted by Gasteiger charge is 2.01. The Kier molecular flexibility index (Phi) is 5.28. The third-order valence-electron chi connectivity index (χ3n) is 1.62. The van der Waals surface area contributed by atoms with Crippen molar-refractivity contribution in [3.8, 4) is 0 Å². The van der Waals surface area contributed by atoms with E-state index in [-0.39, 0.29) is 0 Å². The van der Waals surface area contributed by atoms with Crippen LogP contribution in [-0.4, -0.2) is 11.1 Å². The van der Waals surface area contributed by atoms with Crippen LogP contribution in [-0.2, 0) is 4.79 Å². The van der Waals surface area contributed by atoms with E-state index in [1.807, 2.05) is 0 Å². The summed E-state index contributed by atoms with van der Waals surface area (Å²) in [5.74, 6) is -0.880. The van der Waals surface area contributed by atoms with Crippen molar-refractivity contribution in [3.05, 3.63) is 48.1 Å². The van der Waals surface area contributed by atoms with Crippen molar-refractivity contribution < 1.29 is 9.90 Å². The van der Waals surface area contributed by atoms with E-state index in [9.17, 15) is 4.79 Å². The van der Waals surface area contributed by atoms with Crippen LogP contribution >= 0.6 is 0 Å². The summed E-state index contributed by atoms with van der Waals surface area (Å²) in [5, 5.41) is 8.63. The molecule has 70 valence electrons. The SMILES string of the molecule is C=C/C=C/C=C/C(C)=C(\C)C(=O)O. The summed E-state index contributed by atoms with van der Waals surface area (Å²) in [7, 11) is 0. The summed E-state index contributed by atoms with van der Waals surface area (Å²) in [6.07, 6.45) is 8.77. The largest absolute Gasteiger partial charge is 0.478 e. The van der Waals surface area contributed by atoms with E-state index in [4.69, 9.17) is 5.11 Å². The lowest BCUT2D eigenvalue weighted by Crippen LogP contribution is -1.97. The second-order valence-electron chi connectivity index (χ2n) is 2.59. The van der Waals surface area contributed by atoms with Gasteiger partial charge in [-0.3, -0.25) is 0 Å². The Balaban J connectivity index is 4.44. The zero-order chi connectivity index (χ0) is 10.3. The number of carboxylic acids is 1. The predicted octanol–water partition coefficient (Wildman–Crippen LogP) is 2.71. The van der Waals surface area contributed by atoms with Crippen molar-refractivity contribution in [1.82, 2.24) is 0 Å². The number of allylic oxidation sites excluding steroid dienone is 6. The van der Waals surface area contributed by atoms with Crippen LogP contribution in [0.2, 0.25) is 0 Å². The highest BCUT2D eigenvalue weighted by Crippen LogP contribution is 2.04. The number of hydrogen-bond acceptors (Lipinski definition) is 1. The van der Waals surface area contributed by atoms with Crippen molar-refractivity contribution in [2.45, 2.75) is 13.8 Å². The number of carbonyl (C=O) groups is 1.